The van der Waals surface area contributed by atoms with Gasteiger partial charge in [0.05, 0.1) is 34.5 Å². The maximum absolute atomic E-state index is 12.7. The van der Waals surface area contributed by atoms with E-state index < -0.39 is 5.91 Å². The molecule has 4 rings (SSSR count). The molecule has 0 bridgehead atoms. The number of nitrogens with zero attached hydrogens (tertiary/aromatic N) is 2. The molecule has 3 heterocycles. The van der Waals surface area contributed by atoms with Gasteiger partial charge in [-0.2, -0.15) is 0 Å². The molecule has 2 N–H and O–H groups in total. The largest absolute Gasteiger partial charge is 0.463 e. The van der Waals surface area contributed by atoms with Crippen molar-refractivity contribution < 1.29 is 14.0 Å². The van der Waals surface area contributed by atoms with Crippen LogP contribution in [0.15, 0.2) is 58.5 Å². The molecule has 2 amide bonds. The van der Waals surface area contributed by atoms with Crippen molar-refractivity contribution in [2.75, 3.05) is 0 Å². The van der Waals surface area contributed by atoms with Gasteiger partial charge in [0.15, 0.2) is 5.76 Å². The highest BCUT2D eigenvalue weighted by molar-refractivity contribution is 7.09. The number of pyridine rings is 1. The fourth-order valence-electron chi connectivity index (χ4n) is 2.81. The highest BCUT2D eigenvalue weighted by Crippen LogP contribution is 2.25. The zero-order valence-electron chi connectivity index (χ0n) is 14.9. The number of carbonyl (C=O) groups excluding carboxylic acids is 2. The molecule has 0 spiro atoms. The first-order chi connectivity index (χ1) is 13.6. The number of aryl methyl sites for hydroxylation is 1. The molecule has 0 saturated carbocycles. The van der Waals surface area contributed by atoms with Crippen molar-refractivity contribution in [3.8, 4) is 11.5 Å². The number of fused-ring (bicyclic) bond motifs is 1. The second kappa shape index (κ2) is 7.61. The molecule has 28 heavy (non-hydrogen) atoms. The summed E-state index contributed by atoms with van der Waals surface area (Å²) in [6.07, 6.45) is 1.64. The fourth-order valence-corrected chi connectivity index (χ4v) is 3.42. The van der Waals surface area contributed by atoms with Gasteiger partial charge in [-0.15, -0.1) is 11.3 Å². The van der Waals surface area contributed by atoms with Crippen molar-refractivity contribution in [3.05, 3.63) is 70.4 Å². The third-order valence-electron chi connectivity index (χ3n) is 4.06. The number of furan rings is 1. The van der Waals surface area contributed by atoms with E-state index in [1.54, 1.807) is 24.5 Å². The molecule has 0 aliphatic carbocycles. The molecule has 0 aliphatic rings. The van der Waals surface area contributed by atoms with Crippen LogP contribution in [-0.4, -0.2) is 21.8 Å². The first-order valence-corrected chi connectivity index (χ1v) is 9.42. The van der Waals surface area contributed by atoms with Crippen molar-refractivity contribution in [2.24, 2.45) is 0 Å². The lowest BCUT2D eigenvalue weighted by atomic mass is 10.1. The average molecular weight is 392 g/mol. The number of amides is 2. The van der Waals surface area contributed by atoms with Crippen LogP contribution < -0.4 is 10.9 Å². The monoisotopic (exact) mass is 392 g/mol. The van der Waals surface area contributed by atoms with E-state index in [0.717, 1.165) is 5.01 Å². The molecule has 0 atom stereocenters. The highest BCUT2D eigenvalue weighted by atomic mass is 32.1. The van der Waals surface area contributed by atoms with Gasteiger partial charge in [0, 0.05) is 10.8 Å². The van der Waals surface area contributed by atoms with Crippen LogP contribution in [0.5, 0.6) is 0 Å². The number of carbonyl (C=O) groups is 2. The Hall–Kier alpha value is -3.52. The average Bonchev–Trinajstić information content (AvgIpc) is 3.37. The Labute approximate surface area is 164 Å². The summed E-state index contributed by atoms with van der Waals surface area (Å²) < 4.78 is 5.40. The Morgan fingerprint density at radius 1 is 1.11 bits per heavy atom. The maximum Gasteiger partial charge on any atom is 0.270 e. The number of hydrogen-bond acceptors (Lipinski definition) is 6. The molecule has 3 aromatic heterocycles. The van der Waals surface area contributed by atoms with Crippen LogP contribution in [0.2, 0.25) is 0 Å². The number of aromatic nitrogens is 2. The summed E-state index contributed by atoms with van der Waals surface area (Å²) in [6, 6.07) is 12.5. The summed E-state index contributed by atoms with van der Waals surface area (Å²) in [5.74, 6) is -0.222. The molecule has 8 heteroatoms. The third-order valence-corrected chi connectivity index (χ3v) is 4.88. The Kier molecular flexibility index (Phi) is 4.86. The number of nitrogens with one attached hydrogen (secondary N) is 2. The van der Waals surface area contributed by atoms with Crippen LogP contribution in [0.3, 0.4) is 0 Å². The van der Waals surface area contributed by atoms with Gasteiger partial charge in [-0.1, -0.05) is 18.2 Å². The van der Waals surface area contributed by atoms with E-state index in [-0.39, 0.29) is 12.3 Å². The quantitative estimate of drug-likeness (QED) is 0.520. The van der Waals surface area contributed by atoms with Crippen LogP contribution in [0, 0.1) is 6.92 Å². The van der Waals surface area contributed by atoms with Crippen LogP contribution in [0.25, 0.3) is 22.4 Å². The molecule has 7 nitrogen and oxygen atoms in total. The normalized spacial score (nSPS) is 10.8. The standard InChI is InChI=1S/C20H16N4O3S/c1-12-21-13(11-28-12)9-19(25)23-24-20(26)15-10-17(18-7-4-8-27-18)22-16-6-3-2-5-14(15)16/h2-8,10-11H,9H2,1H3,(H,23,25)(H,24,26). The predicted molar refractivity (Wildman–Crippen MR) is 106 cm³/mol. The van der Waals surface area contributed by atoms with E-state index in [1.807, 2.05) is 36.6 Å². The molecule has 4 aromatic rings. The smallest absolute Gasteiger partial charge is 0.270 e. The SMILES string of the molecule is Cc1nc(CC(=O)NNC(=O)c2cc(-c3ccco3)nc3ccccc23)cs1. The second-order valence-corrected chi connectivity index (χ2v) is 7.15. The predicted octanol–water partition coefficient (Wildman–Crippen LogP) is 3.26. The van der Waals surface area contributed by atoms with Crippen molar-refractivity contribution in [3.63, 3.8) is 0 Å². The molecule has 1 aromatic carbocycles. The van der Waals surface area contributed by atoms with Crippen LogP contribution >= 0.6 is 11.3 Å². The minimum Gasteiger partial charge on any atom is -0.463 e. The molecular formula is C20H16N4O3S. The van der Waals surface area contributed by atoms with Gasteiger partial charge in [-0.25, -0.2) is 9.97 Å². The topological polar surface area (TPSA) is 97.1 Å². The lowest BCUT2D eigenvalue weighted by Gasteiger charge is -2.10. The van der Waals surface area contributed by atoms with E-state index in [4.69, 9.17) is 4.42 Å². The number of rotatable bonds is 4. The molecule has 140 valence electrons. The second-order valence-electron chi connectivity index (χ2n) is 6.09. The Balaban J connectivity index is 1.55. The number of benzene rings is 1. The number of hydrazine groups is 1. The summed E-state index contributed by atoms with van der Waals surface area (Å²) in [5.41, 5.74) is 7.17. The van der Waals surface area contributed by atoms with Crippen LogP contribution in [0.4, 0.5) is 0 Å². The van der Waals surface area contributed by atoms with Gasteiger partial charge in [0.25, 0.3) is 5.91 Å². The number of thiazole rings is 1. The zero-order valence-corrected chi connectivity index (χ0v) is 15.7. The molecule has 0 radical (unpaired) electrons. The first-order valence-electron chi connectivity index (χ1n) is 8.54. The summed E-state index contributed by atoms with van der Waals surface area (Å²) >= 11 is 1.48. The molecule has 0 unspecified atom stereocenters. The summed E-state index contributed by atoms with van der Waals surface area (Å²) in [6.45, 7) is 1.87. The minimum atomic E-state index is -0.436. The Morgan fingerprint density at radius 2 is 1.96 bits per heavy atom. The van der Waals surface area contributed by atoms with E-state index in [2.05, 4.69) is 20.8 Å². The van der Waals surface area contributed by atoms with Crippen LogP contribution in [-0.2, 0) is 11.2 Å². The van der Waals surface area contributed by atoms with E-state index in [9.17, 15) is 9.59 Å². The van der Waals surface area contributed by atoms with Crippen molar-refractivity contribution >= 4 is 34.1 Å². The van der Waals surface area contributed by atoms with Crippen molar-refractivity contribution in [1.29, 1.82) is 0 Å². The lowest BCUT2D eigenvalue weighted by Crippen LogP contribution is -2.42. The Morgan fingerprint density at radius 3 is 2.71 bits per heavy atom. The van der Waals surface area contributed by atoms with Gasteiger partial charge >= 0.3 is 0 Å². The molecule has 0 aliphatic heterocycles. The molecule has 0 fully saturated rings. The van der Waals surface area contributed by atoms with Crippen molar-refractivity contribution in [1.82, 2.24) is 20.8 Å². The van der Waals surface area contributed by atoms with E-state index >= 15 is 0 Å². The minimum absolute atomic E-state index is 0.0966. The van der Waals surface area contributed by atoms with E-state index in [1.165, 1.54) is 11.3 Å². The first kappa shape index (κ1) is 17.9. The van der Waals surface area contributed by atoms with Gasteiger partial charge in [0.1, 0.15) is 5.69 Å². The molecule has 0 saturated heterocycles. The van der Waals surface area contributed by atoms with Gasteiger partial charge in [-0.3, -0.25) is 20.4 Å². The number of para-hydroxylation sites is 1. The summed E-state index contributed by atoms with van der Waals surface area (Å²) in [7, 11) is 0. The highest BCUT2D eigenvalue weighted by Gasteiger charge is 2.16. The molecular weight excluding hydrogens is 376 g/mol. The van der Waals surface area contributed by atoms with Gasteiger partial charge in [0.2, 0.25) is 5.91 Å². The maximum atomic E-state index is 12.7. The summed E-state index contributed by atoms with van der Waals surface area (Å²) in [4.78, 5) is 33.6. The lowest BCUT2D eigenvalue weighted by molar-refractivity contribution is -0.121. The van der Waals surface area contributed by atoms with Crippen molar-refractivity contribution in [2.45, 2.75) is 13.3 Å². The number of hydrogen-bond donors (Lipinski definition) is 2. The van der Waals surface area contributed by atoms with Gasteiger partial charge in [-0.05, 0) is 31.2 Å². The zero-order chi connectivity index (χ0) is 19.5. The summed E-state index contributed by atoms with van der Waals surface area (Å²) in [5, 5.41) is 3.39. The Bertz CT molecular complexity index is 1150. The van der Waals surface area contributed by atoms with Crippen LogP contribution in [0.1, 0.15) is 21.1 Å². The third kappa shape index (κ3) is 3.77. The van der Waals surface area contributed by atoms with E-state index in [0.29, 0.717) is 33.6 Å². The fraction of sp³-hybridized carbons (Fsp3) is 0.100. The van der Waals surface area contributed by atoms with Gasteiger partial charge < -0.3 is 4.42 Å².